The Bertz CT molecular complexity index is 563. The van der Waals surface area contributed by atoms with Crippen molar-refractivity contribution in [3.8, 4) is 0 Å². The van der Waals surface area contributed by atoms with Gasteiger partial charge in [-0.25, -0.2) is 8.42 Å². The molecule has 1 aliphatic heterocycles. The van der Waals surface area contributed by atoms with Gasteiger partial charge < -0.3 is 0 Å². The van der Waals surface area contributed by atoms with E-state index in [-0.39, 0.29) is 11.3 Å². The minimum Gasteiger partial charge on any atom is -0.207 e. The van der Waals surface area contributed by atoms with Gasteiger partial charge in [0.2, 0.25) is 10.0 Å². The quantitative estimate of drug-likeness (QED) is 0.796. The van der Waals surface area contributed by atoms with Crippen molar-refractivity contribution in [2.24, 2.45) is 5.41 Å². The molecule has 0 N–H and O–H groups in total. The van der Waals surface area contributed by atoms with E-state index in [1.807, 2.05) is 6.07 Å². The molecule has 0 aromatic heterocycles. The molecule has 0 saturated carbocycles. The van der Waals surface area contributed by atoms with Crippen molar-refractivity contribution in [2.75, 3.05) is 13.1 Å². The van der Waals surface area contributed by atoms with Crippen molar-refractivity contribution in [3.63, 3.8) is 0 Å². The number of nitrogens with zero attached hydrogens (tertiary/aromatic N) is 1. The van der Waals surface area contributed by atoms with Crippen molar-refractivity contribution in [1.82, 2.24) is 4.31 Å². The van der Waals surface area contributed by atoms with Crippen LogP contribution in [0.15, 0.2) is 29.2 Å². The van der Waals surface area contributed by atoms with Crippen molar-refractivity contribution in [2.45, 2.75) is 43.9 Å². The Morgan fingerprint density at radius 3 is 2.40 bits per heavy atom. The van der Waals surface area contributed by atoms with Crippen LogP contribution in [0, 0.1) is 5.41 Å². The van der Waals surface area contributed by atoms with Gasteiger partial charge >= 0.3 is 0 Å². The zero-order valence-corrected chi connectivity index (χ0v) is 13.7. The summed E-state index contributed by atoms with van der Waals surface area (Å²) in [5.41, 5.74) is 0.955. The van der Waals surface area contributed by atoms with Crippen molar-refractivity contribution in [3.05, 3.63) is 29.8 Å². The molecule has 0 unspecified atom stereocenters. The molecule has 2 rings (SSSR count). The molecule has 1 saturated heterocycles. The monoisotopic (exact) mass is 315 g/mol. The molecular formula is C15H22ClNO2S. The van der Waals surface area contributed by atoms with E-state index >= 15 is 0 Å². The summed E-state index contributed by atoms with van der Waals surface area (Å²) in [6, 6.07) is 7.00. The van der Waals surface area contributed by atoms with E-state index in [1.165, 1.54) is 0 Å². The second kappa shape index (κ2) is 6.04. The van der Waals surface area contributed by atoms with E-state index in [0.717, 1.165) is 19.3 Å². The second-order valence-electron chi connectivity index (χ2n) is 5.81. The fourth-order valence-electron chi connectivity index (χ4n) is 2.62. The van der Waals surface area contributed by atoms with Crippen LogP contribution in [-0.2, 0) is 15.9 Å². The number of hydrogen-bond donors (Lipinski definition) is 0. The summed E-state index contributed by atoms with van der Waals surface area (Å²) in [6.45, 7) is 5.61. The van der Waals surface area contributed by atoms with Gasteiger partial charge in [-0.05, 0) is 29.9 Å². The lowest BCUT2D eigenvalue weighted by atomic mass is 9.79. The van der Waals surface area contributed by atoms with Gasteiger partial charge in [-0.3, -0.25) is 0 Å². The van der Waals surface area contributed by atoms with Crippen molar-refractivity contribution >= 4 is 21.6 Å². The number of sulfonamides is 1. The number of piperidine rings is 1. The highest BCUT2D eigenvalue weighted by Crippen LogP contribution is 2.36. The topological polar surface area (TPSA) is 37.4 Å². The molecular weight excluding hydrogens is 294 g/mol. The van der Waals surface area contributed by atoms with Gasteiger partial charge in [-0.15, -0.1) is 11.6 Å². The average molecular weight is 316 g/mol. The predicted octanol–water partition coefficient (Wildman–Crippen LogP) is 3.63. The fourth-order valence-corrected chi connectivity index (χ4v) is 4.60. The minimum absolute atomic E-state index is 0.218. The van der Waals surface area contributed by atoms with Gasteiger partial charge in [0.1, 0.15) is 0 Å². The molecule has 0 amide bonds. The van der Waals surface area contributed by atoms with E-state index in [1.54, 1.807) is 22.5 Å². The van der Waals surface area contributed by atoms with Crippen molar-refractivity contribution in [1.29, 1.82) is 0 Å². The molecule has 3 nitrogen and oxygen atoms in total. The number of hydrogen-bond acceptors (Lipinski definition) is 2. The fraction of sp³-hybridized carbons (Fsp3) is 0.600. The molecule has 1 aliphatic rings. The first-order valence-electron chi connectivity index (χ1n) is 7.07. The Morgan fingerprint density at radius 1 is 1.25 bits per heavy atom. The van der Waals surface area contributed by atoms with Crippen LogP contribution in [0.4, 0.5) is 0 Å². The summed E-state index contributed by atoms with van der Waals surface area (Å²) in [7, 11) is -3.41. The van der Waals surface area contributed by atoms with Gasteiger partial charge in [-0.2, -0.15) is 4.31 Å². The largest absolute Gasteiger partial charge is 0.243 e. The maximum atomic E-state index is 12.7. The van der Waals surface area contributed by atoms with E-state index in [0.29, 0.717) is 23.5 Å². The summed E-state index contributed by atoms with van der Waals surface area (Å²) >= 11 is 5.86. The molecule has 1 aromatic carbocycles. The molecule has 112 valence electrons. The Morgan fingerprint density at radius 2 is 1.85 bits per heavy atom. The third-order valence-corrected chi connectivity index (χ3v) is 6.80. The number of halogens is 1. The van der Waals surface area contributed by atoms with Crippen LogP contribution in [0.5, 0.6) is 0 Å². The minimum atomic E-state index is -3.41. The zero-order chi connectivity index (χ0) is 14.8. The molecule has 20 heavy (non-hydrogen) atoms. The van der Waals surface area contributed by atoms with Gasteiger partial charge in [0.25, 0.3) is 0 Å². The van der Waals surface area contributed by atoms with Crippen molar-refractivity contribution < 1.29 is 8.42 Å². The van der Waals surface area contributed by atoms with Crippen LogP contribution in [-0.4, -0.2) is 25.8 Å². The van der Waals surface area contributed by atoms with Crippen LogP contribution in [0.1, 0.15) is 38.7 Å². The number of rotatable bonds is 4. The molecule has 0 spiro atoms. The molecule has 0 atom stereocenters. The molecule has 0 bridgehead atoms. The highest BCUT2D eigenvalue weighted by Gasteiger charge is 2.34. The Hall–Kier alpha value is -0.580. The van der Waals surface area contributed by atoms with Crippen LogP contribution in [0.3, 0.4) is 0 Å². The zero-order valence-electron chi connectivity index (χ0n) is 12.1. The highest BCUT2D eigenvalue weighted by molar-refractivity contribution is 7.89. The van der Waals surface area contributed by atoms with Gasteiger partial charge in [0.05, 0.1) is 4.90 Å². The Labute approximate surface area is 127 Å². The molecule has 5 heteroatoms. The first-order valence-corrected chi connectivity index (χ1v) is 9.04. The van der Waals surface area contributed by atoms with Gasteiger partial charge in [-0.1, -0.05) is 38.5 Å². The molecule has 1 fully saturated rings. The van der Waals surface area contributed by atoms with E-state index < -0.39 is 10.0 Å². The smallest absolute Gasteiger partial charge is 0.207 e. The maximum Gasteiger partial charge on any atom is 0.243 e. The maximum absolute atomic E-state index is 12.7. The average Bonchev–Trinajstić information content (AvgIpc) is 2.47. The first-order chi connectivity index (χ1) is 9.43. The number of benzene rings is 1. The summed E-state index contributed by atoms with van der Waals surface area (Å²) < 4.78 is 27.1. The Kier molecular flexibility index (Phi) is 4.77. The molecule has 0 aliphatic carbocycles. The summed E-state index contributed by atoms with van der Waals surface area (Å²) in [5, 5.41) is 0. The van der Waals surface area contributed by atoms with E-state index in [4.69, 9.17) is 11.6 Å². The predicted molar refractivity (Wildman–Crippen MR) is 82.4 cm³/mol. The molecule has 0 radical (unpaired) electrons. The highest BCUT2D eigenvalue weighted by atomic mass is 35.5. The van der Waals surface area contributed by atoms with Gasteiger partial charge in [0, 0.05) is 19.0 Å². The number of alkyl halides is 1. The normalized spacial score (nSPS) is 19.9. The molecule has 1 heterocycles. The third-order valence-electron chi connectivity index (χ3n) is 4.52. The van der Waals surface area contributed by atoms with E-state index in [2.05, 4.69) is 13.8 Å². The molecule has 1 aromatic rings. The first kappa shape index (κ1) is 15.8. The third kappa shape index (κ3) is 3.02. The lowest BCUT2D eigenvalue weighted by Crippen LogP contribution is -2.42. The summed E-state index contributed by atoms with van der Waals surface area (Å²) in [4.78, 5) is 0.357. The standard InChI is InChI=1S/C15H22ClNO2S/c1-3-15(2)8-10-17(11-9-15)20(18,19)14-7-5-4-6-13(14)12-16/h4-7H,3,8-12H2,1-2H3. The Balaban J connectivity index is 2.24. The second-order valence-corrected chi connectivity index (χ2v) is 7.98. The summed E-state index contributed by atoms with van der Waals surface area (Å²) in [6.07, 6.45) is 2.94. The van der Waals surface area contributed by atoms with Crippen LogP contribution >= 0.6 is 11.6 Å². The van der Waals surface area contributed by atoms with Gasteiger partial charge in [0.15, 0.2) is 0 Å². The van der Waals surface area contributed by atoms with Crippen LogP contribution in [0.2, 0.25) is 0 Å². The van der Waals surface area contributed by atoms with E-state index in [9.17, 15) is 8.42 Å². The summed E-state index contributed by atoms with van der Waals surface area (Å²) in [5.74, 6) is 0.218. The SMILES string of the molecule is CCC1(C)CCN(S(=O)(=O)c2ccccc2CCl)CC1. The van der Waals surface area contributed by atoms with Crippen LogP contribution in [0.25, 0.3) is 0 Å². The lowest BCUT2D eigenvalue weighted by Gasteiger charge is -2.38. The lowest BCUT2D eigenvalue weighted by molar-refractivity contribution is 0.169. The van der Waals surface area contributed by atoms with Crippen LogP contribution < -0.4 is 0 Å².